The smallest absolute Gasteiger partial charge is 0.142 e. The Hall–Kier alpha value is -4.26. The summed E-state index contributed by atoms with van der Waals surface area (Å²) in [5, 5.41) is 0. The fraction of sp³-hybridized carbons (Fsp3) is 0.188. The van der Waals surface area contributed by atoms with E-state index < -0.39 is 0 Å². The summed E-state index contributed by atoms with van der Waals surface area (Å²) in [4.78, 5) is 15.1. The number of fused-ring (bicyclic) bond motifs is 2. The molecule has 4 aromatic carbocycles. The second kappa shape index (κ2) is 9.89. The van der Waals surface area contributed by atoms with Gasteiger partial charge in [0.05, 0.1) is 35.4 Å². The lowest BCUT2D eigenvalue weighted by Crippen LogP contribution is -2.47. The van der Waals surface area contributed by atoms with Crippen molar-refractivity contribution in [1.29, 1.82) is 0 Å². The first-order chi connectivity index (χ1) is 18.8. The first kappa shape index (κ1) is 22.9. The van der Waals surface area contributed by atoms with Crippen molar-refractivity contribution in [2.75, 3.05) is 26.2 Å². The molecule has 6 aromatic rings. The van der Waals surface area contributed by atoms with Crippen molar-refractivity contribution in [2.24, 2.45) is 0 Å². The topological polar surface area (TPSA) is 42.1 Å². The number of aromatic nitrogens is 4. The average Bonchev–Trinajstić information content (AvgIpc) is 3.54. The monoisotopic (exact) mass is 498 g/mol. The first-order valence-corrected chi connectivity index (χ1v) is 13.3. The van der Waals surface area contributed by atoms with E-state index >= 15 is 0 Å². The van der Waals surface area contributed by atoms with Gasteiger partial charge >= 0.3 is 0 Å². The fourth-order valence-corrected chi connectivity index (χ4v) is 5.52. The number of piperazine rings is 1. The largest absolute Gasteiger partial charge is 0.310 e. The third-order valence-electron chi connectivity index (χ3n) is 7.52. The first-order valence-electron chi connectivity index (χ1n) is 13.3. The van der Waals surface area contributed by atoms with Gasteiger partial charge in [0.1, 0.15) is 11.6 Å². The predicted molar refractivity (Wildman–Crippen MR) is 153 cm³/mol. The van der Waals surface area contributed by atoms with Crippen molar-refractivity contribution in [3.05, 3.63) is 109 Å². The van der Waals surface area contributed by atoms with Crippen LogP contribution in [0.1, 0.15) is 0 Å². The van der Waals surface area contributed by atoms with Crippen molar-refractivity contribution in [1.82, 2.24) is 28.9 Å². The van der Waals surface area contributed by atoms with Crippen LogP contribution in [0.4, 0.5) is 0 Å². The SMILES string of the molecule is c1ccc(-c2nc3ccccc3n2CN2CCN(Cn3c(-c4ccccc4)nc4ccccc43)CC2)cc1. The molecular weight excluding hydrogens is 468 g/mol. The fourth-order valence-electron chi connectivity index (χ4n) is 5.52. The lowest BCUT2D eigenvalue weighted by atomic mass is 10.2. The molecule has 0 unspecified atom stereocenters. The van der Waals surface area contributed by atoms with Crippen molar-refractivity contribution >= 4 is 22.1 Å². The molecule has 0 spiro atoms. The van der Waals surface area contributed by atoms with E-state index in [4.69, 9.17) is 9.97 Å². The molecule has 1 aliphatic heterocycles. The summed E-state index contributed by atoms with van der Waals surface area (Å²) < 4.78 is 4.74. The van der Waals surface area contributed by atoms with Crippen molar-refractivity contribution in [3.8, 4) is 22.8 Å². The van der Waals surface area contributed by atoms with Crippen molar-refractivity contribution in [2.45, 2.75) is 13.3 Å². The Labute approximate surface area is 222 Å². The van der Waals surface area contributed by atoms with E-state index in [1.54, 1.807) is 0 Å². The number of benzene rings is 4. The van der Waals surface area contributed by atoms with Gasteiger partial charge in [-0.1, -0.05) is 84.9 Å². The van der Waals surface area contributed by atoms with Gasteiger partial charge in [-0.05, 0) is 24.3 Å². The molecule has 1 saturated heterocycles. The minimum atomic E-state index is 0.835. The Bertz CT molecular complexity index is 1550. The number of hydrogen-bond acceptors (Lipinski definition) is 4. The summed E-state index contributed by atoms with van der Waals surface area (Å²) in [7, 11) is 0. The van der Waals surface area contributed by atoms with Gasteiger partial charge in [-0.3, -0.25) is 9.80 Å². The molecule has 1 fully saturated rings. The van der Waals surface area contributed by atoms with Crippen LogP contribution in [0.25, 0.3) is 44.8 Å². The van der Waals surface area contributed by atoms with Crippen molar-refractivity contribution < 1.29 is 0 Å². The van der Waals surface area contributed by atoms with E-state index in [1.165, 1.54) is 11.0 Å². The maximum absolute atomic E-state index is 5.00. The highest BCUT2D eigenvalue weighted by atomic mass is 15.4. The average molecular weight is 499 g/mol. The molecule has 188 valence electrons. The summed E-state index contributed by atoms with van der Waals surface area (Å²) in [5.41, 5.74) is 6.78. The van der Waals surface area contributed by atoms with Gasteiger partial charge in [0.25, 0.3) is 0 Å². The lowest BCUT2D eigenvalue weighted by molar-refractivity contribution is 0.0900. The van der Waals surface area contributed by atoms with Crippen LogP contribution < -0.4 is 0 Å². The van der Waals surface area contributed by atoms with E-state index in [0.29, 0.717) is 0 Å². The van der Waals surface area contributed by atoms with E-state index in [1.807, 2.05) is 0 Å². The van der Waals surface area contributed by atoms with Gasteiger partial charge in [-0.25, -0.2) is 9.97 Å². The van der Waals surface area contributed by atoms with Crippen LogP contribution in [0.5, 0.6) is 0 Å². The standard InChI is InChI=1S/C32H30N6/c1-3-11-25(12-4-1)31-33-27-15-7-9-17-29(27)37(31)23-35-19-21-36(22-20-35)24-38-30-18-10-8-16-28(30)34-32(38)26-13-5-2-6-14-26/h1-18H,19-24H2. The van der Waals surface area contributed by atoms with E-state index in [0.717, 1.165) is 73.3 Å². The number of hydrogen-bond donors (Lipinski definition) is 0. The maximum Gasteiger partial charge on any atom is 0.142 e. The molecule has 0 radical (unpaired) electrons. The summed E-state index contributed by atoms with van der Waals surface area (Å²) in [6.45, 7) is 5.70. The Balaban J connectivity index is 1.11. The summed E-state index contributed by atoms with van der Waals surface area (Å²) in [6, 6.07) is 38.0. The molecule has 1 aliphatic rings. The summed E-state index contributed by atoms with van der Waals surface area (Å²) in [5.74, 6) is 2.07. The van der Waals surface area contributed by atoms with Crippen LogP contribution in [-0.4, -0.2) is 55.1 Å². The highest BCUT2D eigenvalue weighted by Crippen LogP contribution is 2.27. The van der Waals surface area contributed by atoms with Crippen LogP contribution in [0.2, 0.25) is 0 Å². The minimum absolute atomic E-state index is 0.835. The molecule has 0 atom stereocenters. The zero-order valence-electron chi connectivity index (χ0n) is 21.3. The van der Waals surface area contributed by atoms with E-state index in [-0.39, 0.29) is 0 Å². The van der Waals surface area contributed by atoms with Crippen molar-refractivity contribution in [3.63, 3.8) is 0 Å². The van der Waals surface area contributed by atoms with Crippen LogP contribution in [0, 0.1) is 0 Å². The quantitative estimate of drug-likeness (QED) is 0.285. The van der Waals surface area contributed by atoms with Crippen LogP contribution in [0.15, 0.2) is 109 Å². The van der Waals surface area contributed by atoms with Gasteiger partial charge in [-0.15, -0.1) is 0 Å². The molecule has 0 saturated carbocycles. The Morgan fingerprint density at radius 2 is 0.816 bits per heavy atom. The van der Waals surface area contributed by atoms with Gasteiger partial charge in [-0.2, -0.15) is 0 Å². The van der Waals surface area contributed by atoms with Gasteiger partial charge < -0.3 is 9.13 Å². The molecule has 38 heavy (non-hydrogen) atoms. The molecule has 2 aromatic heterocycles. The molecule has 3 heterocycles. The van der Waals surface area contributed by atoms with Crippen LogP contribution in [0.3, 0.4) is 0 Å². The van der Waals surface area contributed by atoms with Crippen LogP contribution >= 0.6 is 0 Å². The third-order valence-corrected chi connectivity index (χ3v) is 7.52. The molecule has 0 amide bonds. The highest BCUT2D eigenvalue weighted by Gasteiger charge is 2.22. The maximum atomic E-state index is 5.00. The number of para-hydroxylation sites is 4. The Morgan fingerprint density at radius 3 is 1.24 bits per heavy atom. The normalized spacial score (nSPS) is 14.9. The molecule has 6 heteroatoms. The summed E-state index contributed by atoms with van der Waals surface area (Å²) >= 11 is 0. The third kappa shape index (κ3) is 4.28. The lowest BCUT2D eigenvalue weighted by Gasteiger charge is -2.35. The number of nitrogens with zero attached hydrogens (tertiary/aromatic N) is 6. The predicted octanol–water partition coefficient (Wildman–Crippen LogP) is 5.95. The molecule has 7 rings (SSSR count). The van der Waals surface area contributed by atoms with E-state index in [2.05, 4.69) is 128 Å². The molecular formula is C32H30N6. The number of rotatable bonds is 6. The number of imidazole rings is 2. The molecule has 0 N–H and O–H groups in total. The molecule has 0 bridgehead atoms. The van der Waals surface area contributed by atoms with Crippen LogP contribution in [-0.2, 0) is 13.3 Å². The van der Waals surface area contributed by atoms with Gasteiger partial charge in [0.2, 0.25) is 0 Å². The Kier molecular flexibility index (Phi) is 5.96. The second-order valence-corrected chi connectivity index (χ2v) is 9.96. The summed E-state index contributed by atoms with van der Waals surface area (Å²) in [6.07, 6.45) is 0. The van der Waals surface area contributed by atoms with E-state index in [9.17, 15) is 0 Å². The van der Waals surface area contributed by atoms with Gasteiger partial charge in [0, 0.05) is 37.3 Å². The minimum Gasteiger partial charge on any atom is -0.310 e. The highest BCUT2D eigenvalue weighted by molar-refractivity contribution is 5.81. The molecule has 6 nitrogen and oxygen atoms in total. The zero-order chi connectivity index (χ0) is 25.3. The van der Waals surface area contributed by atoms with Gasteiger partial charge in [0.15, 0.2) is 0 Å². The Morgan fingerprint density at radius 1 is 0.447 bits per heavy atom. The second-order valence-electron chi connectivity index (χ2n) is 9.96. The zero-order valence-corrected chi connectivity index (χ0v) is 21.3. The molecule has 0 aliphatic carbocycles.